The summed E-state index contributed by atoms with van der Waals surface area (Å²) in [4.78, 5) is 48.6. The largest absolute Gasteiger partial charge is 0.465 e. The zero-order valence-electron chi connectivity index (χ0n) is 14.6. The number of amides is 2. The summed E-state index contributed by atoms with van der Waals surface area (Å²) < 4.78 is 9.93. The highest BCUT2D eigenvalue weighted by Gasteiger charge is 2.30. The number of imide groups is 1. The molecule has 2 amide bonds. The second-order valence-electron chi connectivity index (χ2n) is 5.94. The molecule has 7 heteroatoms. The molecule has 138 valence electrons. The molecule has 0 saturated carbocycles. The molecule has 3 rings (SSSR count). The fraction of sp³-hybridized carbons (Fsp3) is 0.200. The molecule has 1 fully saturated rings. The van der Waals surface area contributed by atoms with Crippen molar-refractivity contribution in [1.82, 2.24) is 0 Å². The van der Waals surface area contributed by atoms with Gasteiger partial charge in [-0.3, -0.25) is 14.5 Å². The summed E-state index contributed by atoms with van der Waals surface area (Å²) in [7, 11) is 1.29. The van der Waals surface area contributed by atoms with Crippen LogP contribution < -0.4 is 4.90 Å². The maximum Gasteiger partial charge on any atom is 0.338 e. The van der Waals surface area contributed by atoms with E-state index in [0.29, 0.717) is 16.8 Å². The highest BCUT2D eigenvalue weighted by molar-refractivity contribution is 6.20. The van der Waals surface area contributed by atoms with E-state index in [2.05, 4.69) is 4.74 Å². The molecule has 0 aliphatic carbocycles. The van der Waals surface area contributed by atoms with Gasteiger partial charge in [0.2, 0.25) is 11.8 Å². The van der Waals surface area contributed by atoms with E-state index in [1.807, 2.05) is 0 Å². The number of carbonyl (C=O) groups excluding carboxylic acids is 4. The molecule has 0 unspecified atom stereocenters. The molecule has 0 N–H and O–H groups in total. The van der Waals surface area contributed by atoms with Gasteiger partial charge in [-0.2, -0.15) is 0 Å². The quantitative estimate of drug-likeness (QED) is 0.596. The Balaban J connectivity index is 1.70. The van der Waals surface area contributed by atoms with Gasteiger partial charge in [0.1, 0.15) is 6.61 Å². The standard InChI is InChI=1S/C20H17NO6/c1-26-19(24)14-5-2-4-13(10-14)12-27-20(25)15-6-3-7-16(11-15)21-17(22)8-9-18(21)23/h2-7,10-11H,8-9,12H2,1H3. The maximum atomic E-state index is 12.3. The smallest absolute Gasteiger partial charge is 0.338 e. The first kappa shape index (κ1) is 18.3. The van der Waals surface area contributed by atoms with Gasteiger partial charge in [0.05, 0.1) is 23.9 Å². The number of benzene rings is 2. The van der Waals surface area contributed by atoms with E-state index in [1.54, 1.807) is 42.5 Å². The lowest BCUT2D eigenvalue weighted by molar-refractivity contribution is -0.121. The zero-order valence-corrected chi connectivity index (χ0v) is 14.6. The fourth-order valence-electron chi connectivity index (χ4n) is 2.77. The predicted molar refractivity (Wildman–Crippen MR) is 95.1 cm³/mol. The van der Waals surface area contributed by atoms with Gasteiger partial charge in [-0.25, -0.2) is 9.59 Å². The normalized spacial score (nSPS) is 13.6. The van der Waals surface area contributed by atoms with Gasteiger partial charge in [0.25, 0.3) is 0 Å². The number of hydrogen-bond acceptors (Lipinski definition) is 6. The van der Waals surface area contributed by atoms with E-state index >= 15 is 0 Å². The number of esters is 2. The summed E-state index contributed by atoms with van der Waals surface area (Å²) >= 11 is 0. The average molecular weight is 367 g/mol. The lowest BCUT2D eigenvalue weighted by Gasteiger charge is -2.14. The van der Waals surface area contributed by atoms with Crippen molar-refractivity contribution in [3.63, 3.8) is 0 Å². The van der Waals surface area contributed by atoms with Crippen LogP contribution in [0, 0.1) is 0 Å². The van der Waals surface area contributed by atoms with Crippen LogP contribution >= 0.6 is 0 Å². The van der Waals surface area contributed by atoms with Crippen LogP contribution in [0.1, 0.15) is 39.1 Å². The summed E-state index contributed by atoms with van der Waals surface area (Å²) in [5.41, 5.74) is 1.57. The lowest BCUT2D eigenvalue weighted by Crippen LogP contribution is -2.28. The van der Waals surface area contributed by atoms with Crippen LogP contribution in [0.3, 0.4) is 0 Å². The fourth-order valence-corrected chi connectivity index (χ4v) is 2.77. The number of nitrogens with zero attached hydrogens (tertiary/aromatic N) is 1. The van der Waals surface area contributed by atoms with Gasteiger partial charge in [-0.1, -0.05) is 18.2 Å². The molecule has 27 heavy (non-hydrogen) atoms. The Kier molecular flexibility index (Phi) is 5.30. The first-order valence-electron chi connectivity index (χ1n) is 8.30. The second kappa shape index (κ2) is 7.82. The number of ether oxygens (including phenoxy) is 2. The van der Waals surface area contributed by atoms with Crippen LogP contribution in [-0.2, 0) is 25.7 Å². The minimum absolute atomic E-state index is 0.0323. The molecule has 7 nitrogen and oxygen atoms in total. The van der Waals surface area contributed by atoms with Crippen molar-refractivity contribution < 1.29 is 28.7 Å². The molecule has 0 bridgehead atoms. The summed E-state index contributed by atoms with van der Waals surface area (Å²) in [6.45, 7) is -0.0323. The highest BCUT2D eigenvalue weighted by atomic mass is 16.5. The molecule has 0 atom stereocenters. The van der Waals surface area contributed by atoms with Gasteiger partial charge in [-0.05, 0) is 35.9 Å². The van der Waals surface area contributed by atoms with Crippen molar-refractivity contribution in [3.05, 3.63) is 65.2 Å². The van der Waals surface area contributed by atoms with Crippen LogP contribution in [0.5, 0.6) is 0 Å². The van der Waals surface area contributed by atoms with Crippen molar-refractivity contribution in [1.29, 1.82) is 0 Å². The number of carbonyl (C=O) groups is 4. The van der Waals surface area contributed by atoms with Gasteiger partial charge in [0, 0.05) is 12.8 Å². The molecule has 2 aromatic rings. The summed E-state index contributed by atoms with van der Waals surface area (Å²) in [5.74, 6) is -1.65. The Morgan fingerprint density at radius 1 is 0.926 bits per heavy atom. The highest BCUT2D eigenvalue weighted by Crippen LogP contribution is 2.23. The van der Waals surface area contributed by atoms with Crippen LogP contribution in [0.15, 0.2) is 48.5 Å². The first-order chi connectivity index (χ1) is 13.0. The summed E-state index contributed by atoms with van der Waals surface area (Å²) in [6, 6.07) is 12.7. The SMILES string of the molecule is COC(=O)c1cccc(COC(=O)c2cccc(N3C(=O)CCC3=O)c2)c1. The van der Waals surface area contributed by atoms with E-state index in [0.717, 1.165) is 4.90 Å². The Hall–Kier alpha value is -3.48. The molecule has 1 aliphatic rings. The molecule has 1 heterocycles. The van der Waals surface area contributed by atoms with Gasteiger partial charge < -0.3 is 9.47 Å². The van der Waals surface area contributed by atoms with E-state index < -0.39 is 11.9 Å². The zero-order chi connectivity index (χ0) is 19.4. The van der Waals surface area contributed by atoms with Crippen molar-refractivity contribution in [2.45, 2.75) is 19.4 Å². The Labute approximate surface area is 155 Å². The van der Waals surface area contributed by atoms with Gasteiger partial charge in [-0.15, -0.1) is 0 Å². The van der Waals surface area contributed by atoms with E-state index in [-0.39, 0.29) is 36.8 Å². The predicted octanol–water partition coefficient (Wildman–Crippen LogP) is 2.48. The summed E-state index contributed by atoms with van der Waals surface area (Å²) in [5, 5.41) is 0. The third kappa shape index (κ3) is 4.03. The van der Waals surface area contributed by atoms with E-state index in [4.69, 9.17) is 4.74 Å². The van der Waals surface area contributed by atoms with Crippen molar-refractivity contribution in [2.24, 2.45) is 0 Å². The van der Waals surface area contributed by atoms with Crippen LogP contribution in [-0.4, -0.2) is 30.9 Å². The number of anilines is 1. The molecular formula is C20H17NO6. The van der Waals surface area contributed by atoms with Crippen LogP contribution in [0.2, 0.25) is 0 Å². The number of hydrogen-bond donors (Lipinski definition) is 0. The van der Waals surface area contributed by atoms with Crippen LogP contribution in [0.4, 0.5) is 5.69 Å². The second-order valence-corrected chi connectivity index (χ2v) is 5.94. The van der Waals surface area contributed by atoms with Crippen molar-refractivity contribution in [3.8, 4) is 0 Å². The average Bonchev–Trinajstić information content (AvgIpc) is 3.04. The molecule has 2 aromatic carbocycles. The van der Waals surface area contributed by atoms with Gasteiger partial charge in [0.15, 0.2) is 0 Å². The van der Waals surface area contributed by atoms with Crippen molar-refractivity contribution >= 4 is 29.4 Å². The number of rotatable bonds is 5. The Morgan fingerprint density at radius 3 is 2.22 bits per heavy atom. The topological polar surface area (TPSA) is 90.0 Å². The molecule has 0 aromatic heterocycles. The molecule has 1 saturated heterocycles. The molecule has 0 spiro atoms. The van der Waals surface area contributed by atoms with E-state index in [9.17, 15) is 19.2 Å². The first-order valence-corrected chi connectivity index (χ1v) is 8.30. The monoisotopic (exact) mass is 367 g/mol. The molecule has 0 radical (unpaired) electrons. The van der Waals surface area contributed by atoms with E-state index in [1.165, 1.54) is 13.2 Å². The molecule has 1 aliphatic heterocycles. The van der Waals surface area contributed by atoms with Crippen LogP contribution in [0.25, 0.3) is 0 Å². The Bertz CT molecular complexity index is 904. The summed E-state index contributed by atoms with van der Waals surface area (Å²) in [6.07, 6.45) is 0.341. The van der Waals surface area contributed by atoms with Gasteiger partial charge >= 0.3 is 11.9 Å². The lowest BCUT2D eigenvalue weighted by atomic mass is 10.1. The minimum Gasteiger partial charge on any atom is -0.465 e. The third-order valence-corrected chi connectivity index (χ3v) is 4.11. The maximum absolute atomic E-state index is 12.3. The van der Waals surface area contributed by atoms with Crippen molar-refractivity contribution in [2.75, 3.05) is 12.0 Å². The molecular weight excluding hydrogens is 350 g/mol. The number of methoxy groups -OCH3 is 1. The third-order valence-electron chi connectivity index (χ3n) is 4.11. The minimum atomic E-state index is -0.598. The Morgan fingerprint density at radius 2 is 1.56 bits per heavy atom.